The van der Waals surface area contributed by atoms with Gasteiger partial charge in [-0.25, -0.2) is 4.79 Å². The molecule has 1 aromatic heterocycles. The lowest BCUT2D eigenvalue weighted by molar-refractivity contribution is 0.0695. The second kappa shape index (κ2) is 5.57. The lowest BCUT2D eigenvalue weighted by Crippen LogP contribution is -2.28. The second-order valence-corrected chi connectivity index (χ2v) is 5.04. The van der Waals surface area contributed by atoms with Gasteiger partial charge < -0.3 is 15.2 Å². The maximum Gasteiger partial charge on any atom is 0.339 e. The van der Waals surface area contributed by atoms with Crippen LogP contribution in [0.2, 0.25) is 0 Å². The zero-order valence-electron chi connectivity index (χ0n) is 11.7. The third-order valence-electron chi connectivity index (χ3n) is 3.77. The third-order valence-corrected chi connectivity index (χ3v) is 3.77. The minimum absolute atomic E-state index is 0.159. The van der Waals surface area contributed by atoms with Crippen LogP contribution in [0.1, 0.15) is 34.1 Å². The van der Waals surface area contributed by atoms with Gasteiger partial charge in [0.05, 0.1) is 18.5 Å². The first kappa shape index (κ1) is 13.6. The van der Waals surface area contributed by atoms with Gasteiger partial charge in [0, 0.05) is 31.6 Å². The number of carboxylic acids is 1. The normalized spacial score (nSPS) is 17.1. The minimum Gasteiger partial charge on any atom is -0.493 e. The van der Waals surface area contributed by atoms with Crippen LogP contribution in [0.15, 0.2) is 30.5 Å². The molecular formula is C15H17N3O3. The van der Waals surface area contributed by atoms with E-state index in [0.717, 1.165) is 17.7 Å². The average Bonchev–Trinajstić information content (AvgIpc) is 2.86. The van der Waals surface area contributed by atoms with E-state index >= 15 is 0 Å². The van der Waals surface area contributed by atoms with Crippen LogP contribution in [-0.2, 0) is 13.6 Å². The van der Waals surface area contributed by atoms with Gasteiger partial charge in [0.2, 0.25) is 0 Å². The molecule has 2 N–H and O–H groups in total. The number of aromatic nitrogens is 2. The maximum absolute atomic E-state index is 11.2. The van der Waals surface area contributed by atoms with Crippen LogP contribution in [0, 0.1) is 0 Å². The van der Waals surface area contributed by atoms with Crippen molar-refractivity contribution in [1.29, 1.82) is 0 Å². The summed E-state index contributed by atoms with van der Waals surface area (Å²) in [6.45, 7) is 1.11. The van der Waals surface area contributed by atoms with Gasteiger partial charge >= 0.3 is 5.97 Å². The Morgan fingerprint density at radius 2 is 2.33 bits per heavy atom. The van der Waals surface area contributed by atoms with Gasteiger partial charge in [-0.05, 0) is 6.07 Å². The van der Waals surface area contributed by atoms with Crippen molar-refractivity contribution in [3.05, 3.63) is 47.3 Å². The summed E-state index contributed by atoms with van der Waals surface area (Å²) >= 11 is 0. The highest BCUT2D eigenvalue weighted by Crippen LogP contribution is 2.31. The summed E-state index contributed by atoms with van der Waals surface area (Å²) in [6.07, 6.45) is 2.24. The van der Waals surface area contributed by atoms with E-state index in [0.29, 0.717) is 18.8 Å². The highest BCUT2D eigenvalue weighted by atomic mass is 16.5. The molecule has 0 spiro atoms. The lowest BCUT2D eigenvalue weighted by atomic mass is 10.0. The first-order chi connectivity index (χ1) is 10.2. The highest BCUT2D eigenvalue weighted by molar-refractivity contribution is 5.88. The van der Waals surface area contributed by atoms with Crippen molar-refractivity contribution < 1.29 is 14.6 Å². The number of aromatic carboxylic acids is 1. The van der Waals surface area contributed by atoms with Crippen LogP contribution < -0.4 is 10.1 Å². The molecule has 2 aromatic rings. The van der Waals surface area contributed by atoms with Crippen molar-refractivity contribution in [2.75, 3.05) is 6.61 Å². The van der Waals surface area contributed by atoms with Gasteiger partial charge in [0.1, 0.15) is 11.3 Å². The van der Waals surface area contributed by atoms with Crippen LogP contribution in [-0.4, -0.2) is 27.5 Å². The van der Waals surface area contributed by atoms with Crippen LogP contribution in [0.5, 0.6) is 5.75 Å². The zero-order chi connectivity index (χ0) is 14.8. The van der Waals surface area contributed by atoms with Gasteiger partial charge in [-0.15, -0.1) is 0 Å². The Labute approximate surface area is 122 Å². The van der Waals surface area contributed by atoms with Crippen LogP contribution in [0.25, 0.3) is 0 Å². The number of rotatable bonds is 4. The first-order valence-corrected chi connectivity index (χ1v) is 6.86. The van der Waals surface area contributed by atoms with Crippen molar-refractivity contribution >= 4 is 5.97 Å². The summed E-state index contributed by atoms with van der Waals surface area (Å²) in [5, 5.41) is 16.6. The van der Waals surface area contributed by atoms with E-state index in [9.17, 15) is 9.90 Å². The number of nitrogens with zero attached hydrogens (tertiary/aromatic N) is 2. The number of carboxylic acid groups (broad SMARTS) is 1. The van der Waals surface area contributed by atoms with E-state index in [1.54, 1.807) is 11.7 Å². The van der Waals surface area contributed by atoms with Gasteiger partial charge in [0.15, 0.2) is 0 Å². The van der Waals surface area contributed by atoms with Gasteiger partial charge in [-0.3, -0.25) is 4.68 Å². The van der Waals surface area contributed by atoms with Crippen LogP contribution in [0.4, 0.5) is 0 Å². The topological polar surface area (TPSA) is 76.4 Å². The summed E-state index contributed by atoms with van der Waals surface area (Å²) < 4.78 is 7.22. The molecule has 6 nitrogen and oxygen atoms in total. The Morgan fingerprint density at radius 3 is 3.14 bits per heavy atom. The van der Waals surface area contributed by atoms with E-state index in [4.69, 9.17) is 4.74 Å². The molecule has 0 bridgehead atoms. The van der Waals surface area contributed by atoms with E-state index in [2.05, 4.69) is 10.4 Å². The molecule has 6 heteroatoms. The predicted octanol–water partition coefficient (Wildman–Crippen LogP) is 1.73. The Hall–Kier alpha value is -2.34. The molecule has 1 aliphatic heterocycles. The molecular weight excluding hydrogens is 270 g/mol. The van der Waals surface area contributed by atoms with Crippen LogP contribution >= 0.6 is 0 Å². The number of ether oxygens (including phenoxy) is 1. The van der Waals surface area contributed by atoms with Crippen molar-refractivity contribution in [3.63, 3.8) is 0 Å². The number of fused-ring (bicyclic) bond motifs is 1. The van der Waals surface area contributed by atoms with Crippen LogP contribution in [0.3, 0.4) is 0 Å². The smallest absolute Gasteiger partial charge is 0.339 e. The number of carbonyl (C=O) groups is 1. The van der Waals surface area contributed by atoms with Crippen molar-refractivity contribution in [1.82, 2.24) is 15.1 Å². The monoisotopic (exact) mass is 287 g/mol. The summed E-state index contributed by atoms with van der Waals surface area (Å²) in [5.74, 6) is -0.0583. The molecule has 0 amide bonds. The second-order valence-electron chi connectivity index (χ2n) is 5.04. The summed E-state index contributed by atoms with van der Waals surface area (Å²) in [5.41, 5.74) is 2.03. The third kappa shape index (κ3) is 2.62. The summed E-state index contributed by atoms with van der Waals surface area (Å²) in [7, 11) is 1.75. The van der Waals surface area contributed by atoms with Crippen molar-refractivity contribution in [3.8, 4) is 5.75 Å². The molecule has 3 rings (SSSR count). The molecule has 1 atom stereocenters. The quantitative estimate of drug-likeness (QED) is 0.895. The first-order valence-electron chi connectivity index (χ1n) is 6.86. The number of aryl methyl sites for hydroxylation is 1. The molecule has 110 valence electrons. The number of benzene rings is 1. The average molecular weight is 287 g/mol. The molecule has 0 saturated heterocycles. The van der Waals surface area contributed by atoms with E-state index < -0.39 is 5.97 Å². The fraction of sp³-hybridized carbons (Fsp3) is 0.333. The van der Waals surface area contributed by atoms with Gasteiger partial charge in [-0.2, -0.15) is 5.10 Å². The Bertz CT molecular complexity index is 666. The van der Waals surface area contributed by atoms with Gasteiger partial charge in [0.25, 0.3) is 0 Å². The lowest BCUT2D eigenvalue weighted by Gasteiger charge is -2.26. The summed E-state index contributed by atoms with van der Waals surface area (Å²) in [6, 6.07) is 8.08. The molecule has 0 fully saturated rings. The molecule has 2 heterocycles. The largest absolute Gasteiger partial charge is 0.493 e. The molecule has 0 aliphatic carbocycles. The number of para-hydroxylation sites is 1. The SMILES string of the molecule is Cn1ncc(C(=O)O)c1CNC1CCOc2ccccc21. The van der Waals surface area contributed by atoms with E-state index in [1.165, 1.54) is 6.20 Å². The fourth-order valence-corrected chi connectivity index (χ4v) is 2.63. The molecule has 1 aliphatic rings. The van der Waals surface area contributed by atoms with Crippen molar-refractivity contribution in [2.24, 2.45) is 7.05 Å². The highest BCUT2D eigenvalue weighted by Gasteiger charge is 2.22. The van der Waals surface area contributed by atoms with Crippen molar-refractivity contribution in [2.45, 2.75) is 19.0 Å². The predicted molar refractivity (Wildman–Crippen MR) is 76.3 cm³/mol. The Kier molecular flexibility index (Phi) is 3.62. The maximum atomic E-state index is 11.2. The number of nitrogens with one attached hydrogen (secondary N) is 1. The molecule has 0 radical (unpaired) electrons. The molecule has 1 aromatic carbocycles. The zero-order valence-corrected chi connectivity index (χ0v) is 11.7. The molecule has 0 saturated carbocycles. The summed E-state index contributed by atoms with van der Waals surface area (Å²) in [4.78, 5) is 11.2. The molecule has 21 heavy (non-hydrogen) atoms. The van der Waals surface area contributed by atoms with E-state index in [-0.39, 0.29) is 11.6 Å². The van der Waals surface area contributed by atoms with E-state index in [1.807, 2.05) is 24.3 Å². The van der Waals surface area contributed by atoms with Gasteiger partial charge in [-0.1, -0.05) is 18.2 Å². The number of hydrogen-bond acceptors (Lipinski definition) is 4. The number of hydrogen-bond donors (Lipinski definition) is 2. The fourth-order valence-electron chi connectivity index (χ4n) is 2.63. The minimum atomic E-state index is -0.952. The Morgan fingerprint density at radius 1 is 1.52 bits per heavy atom. The standard InChI is InChI=1S/C15H17N3O3/c1-18-13(11(8-17-18)15(19)20)9-16-12-6-7-21-14-5-3-2-4-10(12)14/h2-5,8,12,16H,6-7,9H2,1H3,(H,19,20). The Balaban J connectivity index is 1.78. The molecule has 1 unspecified atom stereocenters.